The Morgan fingerprint density at radius 2 is 2.07 bits per heavy atom. The van der Waals surface area contributed by atoms with Crippen LogP contribution in [0.2, 0.25) is 0 Å². The van der Waals surface area contributed by atoms with Crippen molar-refractivity contribution in [1.29, 1.82) is 0 Å². The van der Waals surface area contributed by atoms with Crippen molar-refractivity contribution in [3.63, 3.8) is 0 Å². The van der Waals surface area contributed by atoms with Gasteiger partial charge in [-0.2, -0.15) is 4.98 Å². The molecule has 0 spiro atoms. The van der Waals surface area contributed by atoms with Crippen molar-refractivity contribution in [3.05, 3.63) is 58.7 Å². The second kappa shape index (κ2) is 7.32. The smallest absolute Gasteiger partial charge is 0.268 e. The highest BCUT2D eigenvalue weighted by Crippen LogP contribution is 2.24. The van der Waals surface area contributed by atoms with Gasteiger partial charge < -0.3 is 14.7 Å². The van der Waals surface area contributed by atoms with Crippen LogP contribution in [-0.4, -0.2) is 32.9 Å². The second-order valence-electron chi connectivity index (χ2n) is 6.35. The Morgan fingerprint density at radius 3 is 2.81 bits per heavy atom. The van der Waals surface area contributed by atoms with Crippen molar-refractivity contribution < 1.29 is 14.1 Å². The molecule has 0 saturated carbocycles. The number of nitrogens with one attached hydrogen (secondary N) is 1. The molecule has 138 valence electrons. The van der Waals surface area contributed by atoms with Crippen molar-refractivity contribution in [2.45, 2.75) is 32.5 Å². The van der Waals surface area contributed by atoms with Crippen LogP contribution >= 0.6 is 11.3 Å². The van der Waals surface area contributed by atoms with Crippen LogP contribution < -0.4 is 5.32 Å². The summed E-state index contributed by atoms with van der Waals surface area (Å²) in [6.07, 6.45) is 0.494. The molecule has 1 atom stereocenters. The van der Waals surface area contributed by atoms with E-state index < -0.39 is 6.04 Å². The van der Waals surface area contributed by atoms with Crippen LogP contribution in [0.25, 0.3) is 10.8 Å². The molecule has 1 aliphatic heterocycles. The van der Waals surface area contributed by atoms with Crippen LogP contribution in [0.15, 0.2) is 46.3 Å². The topological polar surface area (TPSA) is 88.3 Å². The number of amides is 2. The summed E-state index contributed by atoms with van der Waals surface area (Å²) >= 11 is 1.51. The molecule has 0 saturated heterocycles. The summed E-state index contributed by atoms with van der Waals surface area (Å²) in [4.78, 5) is 31.6. The Morgan fingerprint density at radius 1 is 1.26 bits per heavy atom. The van der Waals surface area contributed by atoms with Crippen molar-refractivity contribution in [2.75, 3.05) is 0 Å². The average Bonchev–Trinajstić information content (AvgIpc) is 3.36. The number of fused-ring (bicyclic) bond motifs is 1. The summed E-state index contributed by atoms with van der Waals surface area (Å²) in [5.74, 6) is 0.495. The van der Waals surface area contributed by atoms with E-state index in [4.69, 9.17) is 4.52 Å². The highest BCUT2D eigenvalue weighted by atomic mass is 32.1. The van der Waals surface area contributed by atoms with Gasteiger partial charge in [0, 0.05) is 19.9 Å². The summed E-state index contributed by atoms with van der Waals surface area (Å²) < 4.78 is 5.23. The Bertz CT molecular complexity index is 967. The standard InChI is InChI=1S/C19H18N4O3S/c1-12(24)23-11-14-6-3-2-5-13(14)9-15(23)18(25)20-10-17-21-19(26-22-17)16-7-4-8-27-16/h2-8,15H,9-11H2,1H3,(H,20,25). The van der Waals surface area contributed by atoms with Gasteiger partial charge in [-0.1, -0.05) is 35.5 Å². The first-order valence-corrected chi connectivity index (χ1v) is 9.48. The van der Waals surface area contributed by atoms with Gasteiger partial charge in [0.15, 0.2) is 5.82 Å². The summed E-state index contributed by atoms with van der Waals surface area (Å²) in [7, 11) is 0. The molecule has 0 fully saturated rings. The van der Waals surface area contributed by atoms with Crippen LogP contribution in [0.1, 0.15) is 23.9 Å². The van der Waals surface area contributed by atoms with Crippen LogP contribution in [0.5, 0.6) is 0 Å². The predicted molar refractivity (Wildman–Crippen MR) is 99.6 cm³/mol. The second-order valence-corrected chi connectivity index (χ2v) is 7.29. The molecule has 1 aromatic carbocycles. The summed E-state index contributed by atoms with van der Waals surface area (Å²) in [6, 6.07) is 11.1. The van der Waals surface area contributed by atoms with Crippen LogP contribution in [0, 0.1) is 0 Å². The molecule has 0 radical (unpaired) electrons. The van der Waals surface area contributed by atoms with E-state index in [9.17, 15) is 9.59 Å². The Labute approximate surface area is 160 Å². The van der Waals surface area contributed by atoms with Crippen molar-refractivity contribution in [1.82, 2.24) is 20.4 Å². The fourth-order valence-corrected chi connectivity index (χ4v) is 3.84. The average molecular weight is 382 g/mol. The van der Waals surface area contributed by atoms with Gasteiger partial charge in [-0.25, -0.2) is 0 Å². The largest absolute Gasteiger partial charge is 0.347 e. The lowest BCUT2D eigenvalue weighted by molar-refractivity contribution is -0.140. The molecule has 7 nitrogen and oxygen atoms in total. The molecule has 4 rings (SSSR count). The zero-order valence-electron chi connectivity index (χ0n) is 14.7. The van der Waals surface area contributed by atoms with Gasteiger partial charge in [0.05, 0.1) is 11.4 Å². The maximum atomic E-state index is 12.7. The summed E-state index contributed by atoms with van der Waals surface area (Å²) in [5.41, 5.74) is 2.17. The normalized spacial score (nSPS) is 16.0. The molecule has 2 aromatic heterocycles. The Balaban J connectivity index is 1.45. The number of rotatable bonds is 4. The van der Waals surface area contributed by atoms with Gasteiger partial charge in [0.2, 0.25) is 11.8 Å². The lowest BCUT2D eigenvalue weighted by Gasteiger charge is -2.35. The zero-order valence-corrected chi connectivity index (χ0v) is 15.5. The van der Waals surface area contributed by atoms with E-state index in [2.05, 4.69) is 15.5 Å². The third-order valence-corrected chi connectivity index (χ3v) is 5.43. The Hall–Kier alpha value is -3.00. The van der Waals surface area contributed by atoms with E-state index in [1.807, 2.05) is 41.8 Å². The van der Waals surface area contributed by atoms with Crippen LogP contribution in [-0.2, 0) is 29.1 Å². The number of carbonyl (C=O) groups excluding carboxylic acids is 2. The molecular weight excluding hydrogens is 364 g/mol. The molecule has 3 heterocycles. The molecular formula is C19H18N4O3S. The molecule has 1 aliphatic rings. The maximum absolute atomic E-state index is 12.7. The van der Waals surface area contributed by atoms with Gasteiger partial charge >= 0.3 is 0 Å². The first-order chi connectivity index (χ1) is 13.1. The first-order valence-electron chi connectivity index (χ1n) is 8.60. The first kappa shape index (κ1) is 17.4. The molecule has 1 N–H and O–H groups in total. The van der Waals surface area contributed by atoms with Gasteiger partial charge in [-0.15, -0.1) is 11.3 Å². The number of benzene rings is 1. The zero-order chi connectivity index (χ0) is 18.8. The quantitative estimate of drug-likeness (QED) is 0.748. The number of carbonyl (C=O) groups is 2. The van der Waals surface area contributed by atoms with E-state index in [1.165, 1.54) is 18.3 Å². The molecule has 1 unspecified atom stereocenters. The fourth-order valence-electron chi connectivity index (χ4n) is 3.20. The number of thiophene rings is 1. The molecule has 2 amide bonds. The third-order valence-electron chi connectivity index (χ3n) is 4.58. The third kappa shape index (κ3) is 3.61. The highest BCUT2D eigenvalue weighted by Gasteiger charge is 2.33. The van der Waals surface area contributed by atoms with E-state index in [-0.39, 0.29) is 18.4 Å². The monoisotopic (exact) mass is 382 g/mol. The molecule has 0 aliphatic carbocycles. The predicted octanol–water partition coefficient (Wildman–Crippen LogP) is 2.39. The van der Waals surface area contributed by atoms with E-state index in [0.29, 0.717) is 24.7 Å². The number of hydrogen-bond acceptors (Lipinski definition) is 6. The SMILES string of the molecule is CC(=O)N1Cc2ccccc2CC1C(=O)NCc1noc(-c2cccs2)n1. The van der Waals surface area contributed by atoms with E-state index >= 15 is 0 Å². The molecule has 3 aromatic rings. The lowest BCUT2D eigenvalue weighted by atomic mass is 9.93. The highest BCUT2D eigenvalue weighted by molar-refractivity contribution is 7.13. The minimum absolute atomic E-state index is 0.121. The van der Waals surface area contributed by atoms with Gasteiger partial charge in [-0.05, 0) is 22.6 Å². The maximum Gasteiger partial charge on any atom is 0.268 e. The van der Waals surface area contributed by atoms with Crippen LogP contribution in [0.4, 0.5) is 0 Å². The van der Waals surface area contributed by atoms with Crippen molar-refractivity contribution >= 4 is 23.2 Å². The van der Waals surface area contributed by atoms with Crippen molar-refractivity contribution in [3.8, 4) is 10.8 Å². The Kier molecular flexibility index (Phi) is 4.72. The molecule has 27 heavy (non-hydrogen) atoms. The molecule has 0 bridgehead atoms. The number of aromatic nitrogens is 2. The minimum atomic E-state index is -0.541. The number of nitrogens with zero attached hydrogens (tertiary/aromatic N) is 3. The van der Waals surface area contributed by atoms with E-state index in [0.717, 1.165) is 16.0 Å². The van der Waals surface area contributed by atoms with Crippen molar-refractivity contribution in [2.24, 2.45) is 0 Å². The van der Waals surface area contributed by atoms with Gasteiger partial charge in [0.25, 0.3) is 5.89 Å². The van der Waals surface area contributed by atoms with Crippen LogP contribution in [0.3, 0.4) is 0 Å². The van der Waals surface area contributed by atoms with Gasteiger partial charge in [-0.3, -0.25) is 9.59 Å². The molecule has 8 heteroatoms. The fraction of sp³-hybridized carbons (Fsp3) is 0.263. The summed E-state index contributed by atoms with van der Waals surface area (Å²) in [6.45, 7) is 2.08. The number of hydrogen-bond donors (Lipinski definition) is 1. The van der Waals surface area contributed by atoms with Gasteiger partial charge in [0.1, 0.15) is 6.04 Å². The lowest BCUT2D eigenvalue weighted by Crippen LogP contribution is -2.51. The minimum Gasteiger partial charge on any atom is -0.347 e. The summed E-state index contributed by atoms with van der Waals surface area (Å²) in [5, 5.41) is 8.66. The van der Waals surface area contributed by atoms with E-state index in [1.54, 1.807) is 4.90 Å².